The van der Waals surface area contributed by atoms with Crippen LogP contribution in [0.3, 0.4) is 0 Å². The Hall–Kier alpha value is -2.02. The molecule has 0 spiro atoms. The largest absolute Gasteiger partial charge is 0.354 e. The van der Waals surface area contributed by atoms with Crippen molar-refractivity contribution in [3.05, 3.63) is 29.6 Å². The Balaban J connectivity index is 2.00. The third-order valence-electron chi connectivity index (χ3n) is 2.65. The van der Waals surface area contributed by atoms with Crippen LogP contribution in [-0.4, -0.2) is 45.7 Å². The zero-order valence-corrected chi connectivity index (χ0v) is 12.4. The monoisotopic (exact) mass is 306 g/mol. The number of thioether (sulfide) groups is 1. The molecule has 8 nitrogen and oxygen atoms in total. The molecule has 0 aliphatic rings. The third-order valence-corrected chi connectivity index (χ3v) is 3.68. The molecule has 0 amide bonds. The number of rotatable bonds is 7. The molecule has 0 aliphatic heterocycles. The summed E-state index contributed by atoms with van der Waals surface area (Å²) in [6.07, 6.45) is 1.21. The summed E-state index contributed by atoms with van der Waals surface area (Å²) >= 11 is 1.47. The van der Waals surface area contributed by atoms with Gasteiger partial charge in [-0.2, -0.15) is 5.26 Å². The highest BCUT2D eigenvalue weighted by atomic mass is 32.2. The van der Waals surface area contributed by atoms with Crippen LogP contribution in [-0.2, 0) is 21.8 Å². The van der Waals surface area contributed by atoms with Gasteiger partial charge in [0.1, 0.15) is 11.8 Å². The van der Waals surface area contributed by atoms with E-state index >= 15 is 0 Å². The summed E-state index contributed by atoms with van der Waals surface area (Å²) in [6.45, 7) is 0.405. The fourth-order valence-electron chi connectivity index (χ4n) is 1.57. The molecule has 0 atom stereocenters. The van der Waals surface area contributed by atoms with Gasteiger partial charge in [-0.15, -0.1) is 5.10 Å². The average Bonchev–Trinajstić information content (AvgIpc) is 2.98. The van der Waals surface area contributed by atoms with Crippen molar-refractivity contribution in [3.8, 4) is 6.07 Å². The number of methoxy groups -OCH3 is 2. The van der Waals surface area contributed by atoms with Gasteiger partial charge in [-0.05, 0) is 28.1 Å². The van der Waals surface area contributed by atoms with Gasteiger partial charge in [0.25, 0.3) is 0 Å². The molecule has 0 aromatic carbocycles. The molecule has 2 heterocycles. The highest BCUT2D eigenvalue weighted by molar-refractivity contribution is 7.98. The third kappa shape index (κ3) is 4.22. The molecule has 0 unspecified atom stereocenters. The predicted octanol–water partition coefficient (Wildman–Crippen LogP) is 0.851. The molecule has 0 saturated heterocycles. The number of tetrazole rings is 1. The molecule has 21 heavy (non-hydrogen) atoms. The van der Waals surface area contributed by atoms with E-state index in [1.165, 1.54) is 11.8 Å². The minimum Gasteiger partial charge on any atom is -0.354 e. The van der Waals surface area contributed by atoms with Crippen LogP contribution in [0.2, 0.25) is 0 Å². The molecule has 2 aromatic rings. The molecule has 2 rings (SSSR count). The van der Waals surface area contributed by atoms with E-state index < -0.39 is 6.29 Å². The van der Waals surface area contributed by atoms with E-state index in [-0.39, 0.29) is 0 Å². The first-order chi connectivity index (χ1) is 10.3. The Morgan fingerprint density at radius 1 is 1.43 bits per heavy atom. The summed E-state index contributed by atoms with van der Waals surface area (Å²) in [7, 11) is 3.12. The summed E-state index contributed by atoms with van der Waals surface area (Å²) in [4.78, 5) is 3.93. The number of ether oxygens (including phenoxy) is 2. The Labute approximate surface area is 126 Å². The molecule has 2 aromatic heterocycles. The quantitative estimate of drug-likeness (QED) is 0.548. The van der Waals surface area contributed by atoms with Crippen LogP contribution in [0.25, 0.3) is 0 Å². The molecule has 0 radical (unpaired) electrons. The topological polar surface area (TPSA) is 98.7 Å². The first-order valence-corrected chi connectivity index (χ1v) is 7.05. The zero-order valence-electron chi connectivity index (χ0n) is 11.6. The molecule has 0 N–H and O–H groups in total. The van der Waals surface area contributed by atoms with E-state index in [9.17, 15) is 0 Å². The standard InChI is InChI=1S/C12H14N6O2S/c1-19-11(20-2)7-18-12(15-16-17-18)21-8-9-3-4-14-10(5-9)6-13/h3-5,11H,7-8H2,1-2H3. The van der Waals surface area contributed by atoms with Crippen molar-refractivity contribution in [3.63, 3.8) is 0 Å². The molecular formula is C12H14N6O2S. The van der Waals surface area contributed by atoms with Crippen LogP contribution in [0, 0.1) is 11.3 Å². The number of nitrogens with zero attached hydrogens (tertiary/aromatic N) is 6. The maximum Gasteiger partial charge on any atom is 0.209 e. The zero-order chi connectivity index (χ0) is 15.1. The van der Waals surface area contributed by atoms with Gasteiger partial charge in [-0.1, -0.05) is 11.8 Å². The lowest BCUT2D eigenvalue weighted by molar-refractivity contribution is -0.113. The first-order valence-electron chi connectivity index (χ1n) is 6.06. The predicted molar refractivity (Wildman–Crippen MR) is 74.1 cm³/mol. The highest BCUT2D eigenvalue weighted by Crippen LogP contribution is 2.20. The van der Waals surface area contributed by atoms with Crippen LogP contribution >= 0.6 is 11.8 Å². The van der Waals surface area contributed by atoms with E-state index in [2.05, 4.69) is 20.5 Å². The van der Waals surface area contributed by atoms with E-state index in [1.54, 1.807) is 31.2 Å². The van der Waals surface area contributed by atoms with Crippen molar-refractivity contribution in [1.82, 2.24) is 25.2 Å². The van der Waals surface area contributed by atoms with Crippen molar-refractivity contribution in [2.45, 2.75) is 23.7 Å². The lowest BCUT2D eigenvalue weighted by Crippen LogP contribution is -2.21. The van der Waals surface area contributed by atoms with Gasteiger partial charge in [0, 0.05) is 26.2 Å². The molecule has 9 heteroatoms. The maximum absolute atomic E-state index is 8.83. The normalized spacial score (nSPS) is 10.8. The molecule has 0 bridgehead atoms. The van der Waals surface area contributed by atoms with Crippen molar-refractivity contribution in [2.75, 3.05) is 14.2 Å². The molecule has 0 saturated carbocycles. The first kappa shape index (κ1) is 15.4. The maximum atomic E-state index is 8.83. The molecular weight excluding hydrogens is 292 g/mol. The van der Waals surface area contributed by atoms with Gasteiger partial charge in [0.2, 0.25) is 5.16 Å². The second kappa shape index (κ2) is 7.68. The lowest BCUT2D eigenvalue weighted by Gasteiger charge is -2.13. The van der Waals surface area contributed by atoms with E-state index in [0.29, 0.717) is 23.1 Å². The van der Waals surface area contributed by atoms with Gasteiger partial charge < -0.3 is 9.47 Å². The highest BCUT2D eigenvalue weighted by Gasteiger charge is 2.13. The van der Waals surface area contributed by atoms with Crippen LogP contribution in [0.4, 0.5) is 0 Å². The Bertz CT molecular complexity index is 622. The summed E-state index contributed by atoms with van der Waals surface area (Å²) < 4.78 is 11.9. The van der Waals surface area contributed by atoms with E-state index in [0.717, 1.165) is 5.56 Å². The average molecular weight is 306 g/mol. The lowest BCUT2D eigenvalue weighted by atomic mass is 10.2. The summed E-state index contributed by atoms with van der Waals surface area (Å²) in [6, 6.07) is 5.61. The van der Waals surface area contributed by atoms with E-state index in [4.69, 9.17) is 14.7 Å². The summed E-state index contributed by atoms with van der Waals surface area (Å²) in [5.41, 5.74) is 1.38. The number of pyridine rings is 1. The number of aromatic nitrogens is 5. The van der Waals surface area contributed by atoms with Crippen LogP contribution in [0.5, 0.6) is 0 Å². The second-order valence-electron chi connectivity index (χ2n) is 3.99. The number of hydrogen-bond donors (Lipinski definition) is 0. The van der Waals surface area contributed by atoms with Crippen LogP contribution in [0.1, 0.15) is 11.3 Å². The molecule has 110 valence electrons. The smallest absolute Gasteiger partial charge is 0.209 e. The number of hydrogen-bond acceptors (Lipinski definition) is 8. The summed E-state index contributed by atoms with van der Waals surface area (Å²) in [5, 5.41) is 21.0. The van der Waals surface area contributed by atoms with Crippen molar-refractivity contribution in [2.24, 2.45) is 0 Å². The molecule has 0 aliphatic carbocycles. The van der Waals surface area contributed by atoms with Crippen LogP contribution < -0.4 is 0 Å². The Kier molecular flexibility index (Phi) is 5.62. The van der Waals surface area contributed by atoms with Gasteiger partial charge in [-0.25, -0.2) is 9.67 Å². The molecule has 0 fully saturated rings. The minimum atomic E-state index is -0.404. The second-order valence-corrected chi connectivity index (χ2v) is 4.94. The SMILES string of the molecule is COC(Cn1nnnc1SCc1ccnc(C#N)c1)OC. The van der Waals surface area contributed by atoms with Gasteiger partial charge in [0.15, 0.2) is 6.29 Å². The van der Waals surface area contributed by atoms with Crippen LogP contribution in [0.15, 0.2) is 23.5 Å². The minimum absolute atomic E-state index is 0.395. The van der Waals surface area contributed by atoms with E-state index in [1.807, 2.05) is 12.1 Å². The van der Waals surface area contributed by atoms with Crippen molar-refractivity contribution < 1.29 is 9.47 Å². The van der Waals surface area contributed by atoms with Crippen molar-refractivity contribution >= 4 is 11.8 Å². The Morgan fingerprint density at radius 2 is 2.24 bits per heavy atom. The fourth-order valence-corrected chi connectivity index (χ4v) is 2.40. The number of nitriles is 1. The summed E-state index contributed by atoms with van der Waals surface area (Å²) in [5.74, 6) is 0.641. The fraction of sp³-hybridized carbons (Fsp3) is 0.417. The Morgan fingerprint density at radius 3 is 2.95 bits per heavy atom. The van der Waals surface area contributed by atoms with Gasteiger partial charge in [0.05, 0.1) is 6.54 Å². The van der Waals surface area contributed by atoms with Gasteiger partial charge in [-0.3, -0.25) is 0 Å². The van der Waals surface area contributed by atoms with Crippen molar-refractivity contribution in [1.29, 1.82) is 5.26 Å². The van der Waals surface area contributed by atoms with Gasteiger partial charge >= 0.3 is 0 Å².